The van der Waals surface area contributed by atoms with Gasteiger partial charge in [0.05, 0.1) is 18.7 Å². The van der Waals surface area contributed by atoms with Crippen LogP contribution in [0, 0.1) is 13.8 Å². The van der Waals surface area contributed by atoms with Crippen LogP contribution in [-0.4, -0.2) is 45.8 Å². The summed E-state index contributed by atoms with van der Waals surface area (Å²) in [7, 11) is 1.79. The molecule has 0 aliphatic heterocycles. The molecule has 0 bridgehead atoms. The van der Waals surface area contributed by atoms with Crippen molar-refractivity contribution in [2.24, 2.45) is 7.05 Å². The molecule has 0 aliphatic rings. The minimum atomic E-state index is -1.13. The second-order valence-corrected chi connectivity index (χ2v) is 4.40. The first-order valence-electron chi connectivity index (χ1n) is 6.05. The Morgan fingerprint density at radius 1 is 1.15 bits per heavy atom. The second-order valence-electron chi connectivity index (χ2n) is 4.40. The van der Waals surface area contributed by atoms with E-state index in [1.807, 2.05) is 13.8 Å². The number of hydrogen-bond acceptors (Lipinski definition) is 4. The molecule has 1 rings (SSSR count). The molecule has 110 valence electrons. The minimum Gasteiger partial charge on any atom is -0.480 e. The van der Waals surface area contributed by atoms with E-state index in [-0.39, 0.29) is 18.9 Å². The summed E-state index contributed by atoms with van der Waals surface area (Å²) >= 11 is 0. The lowest BCUT2D eigenvalue weighted by atomic mass is 10.1. The number of amides is 2. The third-order valence-electron chi connectivity index (χ3n) is 2.88. The number of rotatable bonds is 6. The molecule has 3 N–H and O–H groups in total. The molecule has 0 aliphatic carbocycles. The summed E-state index contributed by atoms with van der Waals surface area (Å²) in [6.45, 7) is 2.97. The number of carbonyl (C=O) groups excluding carboxylic acids is 2. The summed E-state index contributed by atoms with van der Waals surface area (Å²) in [5.41, 5.74) is 2.50. The summed E-state index contributed by atoms with van der Waals surface area (Å²) in [6.07, 6.45) is 0.137. The van der Waals surface area contributed by atoms with Crippen molar-refractivity contribution in [3.05, 3.63) is 17.0 Å². The van der Waals surface area contributed by atoms with Gasteiger partial charge in [-0.25, -0.2) is 0 Å². The van der Waals surface area contributed by atoms with Gasteiger partial charge in [-0.2, -0.15) is 5.10 Å². The molecule has 0 atom stereocenters. The van der Waals surface area contributed by atoms with E-state index in [0.29, 0.717) is 0 Å². The quantitative estimate of drug-likeness (QED) is 0.612. The van der Waals surface area contributed by atoms with E-state index in [4.69, 9.17) is 5.11 Å². The lowest BCUT2D eigenvalue weighted by molar-refractivity contribution is -0.137. The number of aryl methyl sites for hydroxylation is 2. The molecular formula is C12H18N4O4. The maximum atomic E-state index is 11.7. The first-order chi connectivity index (χ1) is 9.31. The molecule has 0 unspecified atom stereocenters. The zero-order chi connectivity index (χ0) is 15.3. The molecule has 8 nitrogen and oxygen atoms in total. The number of nitrogens with one attached hydrogen (secondary N) is 2. The van der Waals surface area contributed by atoms with Gasteiger partial charge < -0.3 is 15.7 Å². The van der Waals surface area contributed by atoms with Crippen LogP contribution in [0.2, 0.25) is 0 Å². The fourth-order valence-electron chi connectivity index (χ4n) is 1.71. The van der Waals surface area contributed by atoms with Crippen LogP contribution in [0.1, 0.15) is 17.0 Å². The predicted molar refractivity (Wildman–Crippen MR) is 70.0 cm³/mol. The normalized spacial score (nSPS) is 10.2. The molecule has 20 heavy (non-hydrogen) atoms. The molecule has 0 fully saturated rings. The number of hydrogen-bond donors (Lipinski definition) is 3. The largest absolute Gasteiger partial charge is 0.480 e. The topological polar surface area (TPSA) is 113 Å². The number of aliphatic carboxylic acids is 1. The lowest BCUT2D eigenvalue weighted by Gasteiger charge is -2.06. The van der Waals surface area contributed by atoms with E-state index in [2.05, 4.69) is 15.7 Å². The molecule has 0 aromatic carbocycles. The van der Waals surface area contributed by atoms with E-state index in [9.17, 15) is 14.4 Å². The Morgan fingerprint density at radius 3 is 2.25 bits per heavy atom. The summed E-state index contributed by atoms with van der Waals surface area (Å²) in [6, 6.07) is 0. The molecule has 8 heteroatoms. The van der Waals surface area contributed by atoms with Crippen molar-refractivity contribution in [3.8, 4) is 0 Å². The van der Waals surface area contributed by atoms with Gasteiger partial charge in [-0.15, -0.1) is 0 Å². The van der Waals surface area contributed by atoms with Gasteiger partial charge >= 0.3 is 5.97 Å². The average Bonchev–Trinajstić information content (AvgIpc) is 2.60. The Morgan fingerprint density at radius 2 is 1.75 bits per heavy atom. The van der Waals surface area contributed by atoms with Crippen LogP contribution in [0.15, 0.2) is 0 Å². The van der Waals surface area contributed by atoms with Crippen molar-refractivity contribution in [2.75, 3.05) is 13.1 Å². The Kier molecular flexibility index (Phi) is 5.24. The zero-order valence-corrected chi connectivity index (χ0v) is 11.7. The number of nitrogens with zero attached hydrogens (tertiary/aromatic N) is 2. The molecule has 0 spiro atoms. The van der Waals surface area contributed by atoms with Gasteiger partial charge in [-0.05, 0) is 13.8 Å². The van der Waals surface area contributed by atoms with Gasteiger partial charge in [0.25, 0.3) is 0 Å². The molecule has 0 radical (unpaired) electrons. The van der Waals surface area contributed by atoms with Gasteiger partial charge in [0.2, 0.25) is 11.8 Å². The van der Waals surface area contributed by atoms with Gasteiger partial charge in [0, 0.05) is 18.3 Å². The standard InChI is InChI=1S/C12H18N4O4/c1-7-9(8(2)16(3)15-7)4-10(17)13-5-11(18)14-6-12(19)20/h4-6H2,1-3H3,(H,13,17)(H,14,18)(H,19,20). The maximum Gasteiger partial charge on any atom is 0.322 e. The highest BCUT2D eigenvalue weighted by molar-refractivity contribution is 5.87. The predicted octanol–water partition coefficient (Wildman–Crippen LogP) is -1.10. The number of carbonyl (C=O) groups is 3. The van der Waals surface area contributed by atoms with Crippen molar-refractivity contribution >= 4 is 17.8 Å². The summed E-state index contributed by atoms with van der Waals surface area (Å²) in [4.78, 5) is 33.2. The van der Waals surface area contributed by atoms with E-state index in [1.54, 1.807) is 11.7 Å². The van der Waals surface area contributed by atoms with Gasteiger partial charge in [0.1, 0.15) is 6.54 Å². The van der Waals surface area contributed by atoms with Gasteiger partial charge in [-0.1, -0.05) is 0 Å². The molecule has 1 aromatic heterocycles. The van der Waals surface area contributed by atoms with Crippen molar-refractivity contribution in [2.45, 2.75) is 20.3 Å². The van der Waals surface area contributed by atoms with Crippen molar-refractivity contribution in [3.63, 3.8) is 0 Å². The van der Waals surface area contributed by atoms with Crippen LogP contribution in [0.4, 0.5) is 0 Å². The average molecular weight is 282 g/mol. The first kappa shape index (κ1) is 15.7. The lowest BCUT2D eigenvalue weighted by Crippen LogP contribution is -2.39. The van der Waals surface area contributed by atoms with Crippen molar-refractivity contribution in [1.82, 2.24) is 20.4 Å². The Balaban J connectivity index is 2.44. The SMILES string of the molecule is Cc1nn(C)c(C)c1CC(=O)NCC(=O)NCC(=O)O. The van der Waals surface area contributed by atoms with Crippen LogP contribution < -0.4 is 10.6 Å². The number of aromatic nitrogens is 2. The van der Waals surface area contributed by atoms with Gasteiger partial charge in [-0.3, -0.25) is 19.1 Å². The monoisotopic (exact) mass is 282 g/mol. The molecular weight excluding hydrogens is 264 g/mol. The number of carboxylic acids is 1. The zero-order valence-electron chi connectivity index (χ0n) is 11.7. The fourth-order valence-corrected chi connectivity index (χ4v) is 1.71. The third kappa shape index (κ3) is 4.38. The summed E-state index contributed by atoms with van der Waals surface area (Å²) in [5, 5.41) is 17.2. The third-order valence-corrected chi connectivity index (χ3v) is 2.88. The van der Waals surface area contributed by atoms with Crippen molar-refractivity contribution in [1.29, 1.82) is 0 Å². The summed E-state index contributed by atoms with van der Waals surface area (Å²) < 4.78 is 1.69. The Bertz CT molecular complexity index is 536. The van der Waals surface area contributed by atoms with Crippen LogP contribution in [0.3, 0.4) is 0 Å². The highest BCUT2D eigenvalue weighted by Crippen LogP contribution is 2.12. The van der Waals surface area contributed by atoms with Crippen LogP contribution in [0.25, 0.3) is 0 Å². The minimum absolute atomic E-state index is 0.137. The van der Waals surface area contributed by atoms with E-state index in [0.717, 1.165) is 17.0 Å². The maximum absolute atomic E-state index is 11.7. The molecule has 0 saturated heterocycles. The van der Waals surface area contributed by atoms with Crippen LogP contribution in [-0.2, 0) is 27.9 Å². The van der Waals surface area contributed by atoms with E-state index in [1.165, 1.54) is 0 Å². The molecule has 1 heterocycles. The number of carboxylic acid groups (broad SMARTS) is 1. The van der Waals surface area contributed by atoms with Crippen LogP contribution in [0.5, 0.6) is 0 Å². The Labute approximate surface area is 116 Å². The first-order valence-corrected chi connectivity index (χ1v) is 6.05. The fraction of sp³-hybridized carbons (Fsp3) is 0.500. The highest BCUT2D eigenvalue weighted by atomic mass is 16.4. The van der Waals surface area contributed by atoms with E-state index < -0.39 is 18.4 Å². The van der Waals surface area contributed by atoms with E-state index >= 15 is 0 Å². The van der Waals surface area contributed by atoms with Crippen molar-refractivity contribution < 1.29 is 19.5 Å². The summed E-state index contributed by atoms with van der Waals surface area (Å²) in [5.74, 6) is -1.98. The highest BCUT2D eigenvalue weighted by Gasteiger charge is 2.14. The van der Waals surface area contributed by atoms with Crippen LogP contribution >= 0.6 is 0 Å². The molecule has 2 amide bonds. The smallest absolute Gasteiger partial charge is 0.322 e. The molecule has 1 aromatic rings. The second kappa shape index (κ2) is 6.69. The van der Waals surface area contributed by atoms with Gasteiger partial charge in [0.15, 0.2) is 0 Å². The Hall–Kier alpha value is -2.38. The molecule has 0 saturated carbocycles.